The molecule has 18 heavy (non-hydrogen) atoms. The van der Waals surface area contributed by atoms with Crippen LogP contribution in [-0.2, 0) is 13.0 Å². The van der Waals surface area contributed by atoms with Crippen LogP contribution in [0.2, 0.25) is 0 Å². The molecule has 5 nitrogen and oxygen atoms in total. The molecule has 0 saturated heterocycles. The van der Waals surface area contributed by atoms with Crippen LogP contribution >= 0.6 is 11.3 Å². The van der Waals surface area contributed by atoms with E-state index in [0.29, 0.717) is 11.4 Å². The van der Waals surface area contributed by atoms with Crippen molar-refractivity contribution in [3.8, 4) is 0 Å². The van der Waals surface area contributed by atoms with E-state index in [2.05, 4.69) is 10.3 Å². The lowest BCUT2D eigenvalue weighted by atomic mass is 9.90. The first kappa shape index (κ1) is 12.2. The smallest absolute Gasteiger partial charge is 0.212 e. The minimum absolute atomic E-state index is 0.0631. The zero-order chi connectivity index (χ0) is 12.8. The minimum atomic E-state index is -0.895. The van der Waals surface area contributed by atoms with E-state index < -0.39 is 5.54 Å². The summed E-state index contributed by atoms with van der Waals surface area (Å²) < 4.78 is 0. The number of nitrogens with two attached hydrogens (primary N) is 2. The molecule has 1 aliphatic carbocycles. The number of ketones is 1. The Kier molecular flexibility index (Phi) is 2.97. The van der Waals surface area contributed by atoms with Gasteiger partial charge in [-0.3, -0.25) is 4.79 Å². The number of nitrogens with zero attached hydrogens (tertiary/aromatic N) is 1. The summed E-state index contributed by atoms with van der Waals surface area (Å²) in [5.41, 5.74) is 12.4. The van der Waals surface area contributed by atoms with E-state index in [0.717, 1.165) is 38.0 Å². The third-order valence-corrected chi connectivity index (χ3v) is 5.08. The van der Waals surface area contributed by atoms with Crippen LogP contribution in [0.1, 0.15) is 39.6 Å². The molecule has 0 radical (unpaired) electrons. The van der Waals surface area contributed by atoms with Crippen LogP contribution in [0.25, 0.3) is 0 Å². The van der Waals surface area contributed by atoms with E-state index in [1.165, 1.54) is 16.2 Å². The first-order chi connectivity index (χ1) is 8.61. The zero-order valence-electron chi connectivity index (χ0n) is 10.2. The van der Waals surface area contributed by atoms with Crippen LogP contribution in [0.3, 0.4) is 0 Å². The first-order valence-corrected chi connectivity index (χ1v) is 7.21. The summed E-state index contributed by atoms with van der Waals surface area (Å²) in [6.07, 6.45) is 3.32. The molecule has 6 heteroatoms. The summed E-state index contributed by atoms with van der Waals surface area (Å²) in [4.78, 5) is 18.2. The summed E-state index contributed by atoms with van der Waals surface area (Å²) in [6, 6.07) is -0.232. The van der Waals surface area contributed by atoms with Gasteiger partial charge in [0.25, 0.3) is 0 Å². The van der Waals surface area contributed by atoms with Crippen LogP contribution in [0.15, 0.2) is 0 Å². The molecular weight excluding hydrogens is 248 g/mol. The van der Waals surface area contributed by atoms with Crippen LogP contribution in [-0.4, -0.2) is 28.9 Å². The molecule has 1 aromatic rings. The Morgan fingerprint density at radius 3 is 3.06 bits per heavy atom. The lowest BCUT2D eigenvalue weighted by Gasteiger charge is -2.25. The zero-order valence-corrected chi connectivity index (χ0v) is 11.1. The van der Waals surface area contributed by atoms with E-state index >= 15 is 0 Å². The van der Waals surface area contributed by atoms with Gasteiger partial charge in [-0.2, -0.15) is 0 Å². The van der Waals surface area contributed by atoms with E-state index in [4.69, 9.17) is 11.5 Å². The molecule has 98 valence electrons. The second-order valence-electron chi connectivity index (χ2n) is 5.18. The van der Waals surface area contributed by atoms with Gasteiger partial charge in [0.05, 0.1) is 11.2 Å². The number of Topliss-reactive ketones (excluding diaryl/α,β-unsaturated/α-hetero) is 1. The Labute approximate surface area is 110 Å². The van der Waals surface area contributed by atoms with E-state index in [1.54, 1.807) is 0 Å². The van der Waals surface area contributed by atoms with Crippen LogP contribution in [0, 0.1) is 0 Å². The third kappa shape index (κ3) is 1.80. The van der Waals surface area contributed by atoms with Crippen molar-refractivity contribution >= 4 is 17.1 Å². The second kappa shape index (κ2) is 4.38. The average molecular weight is 266 g/mol. The van der Waals surface area contributed by atoms with Crippen LogP contribution < -0.4 is 16.8 Å². The topological polar surface area (TPSA) is 94.0 Å². The predicted octanol–water partition coefficient (Wildman–Crippen LogP) is 0.180. The number of hydrogen-bond acceptors (Lipinski definition) is 6. The number of thiazole rings is 1. The van der Waals surface area contributed by atoms with E-state index in [9.17, 15) is 4.79 Å². The Hall–Kier alpha value is -0.820. The standard InChI is InChI=1S/C12H18N4OS/c13-9-2-1-4-12(9,14)10(17)11-16-7-3-5-15-6-8(7)18-11/h9,15H,1-6,13-14H2. The molecule has 0 aromatic carbocycles. The lowest BCUT2D eigenvalue weighted by molar-refractivity contribution is 0.0879. The van der Waals surface area contributed by atoms with Crippen molar-refractivity contribution in [3.05, 3.63) is 15.6 Å². The number of rotatable bonds is 2. The van der Waals surface area contributed by atoms with Crippen molar-refractivity contribution in [1.82, 2.24) is 10.3 Å². The number of aromatic nitrogens is 1. The van der Waals surface area contributed by atoms with E-state index in [-0.39, 0.29) is 11.8 Å². The van der Waals surface area contributed by atoms with Crippen molar-refractivity contribution in [3.63, 3.8) is 0 Å². The summed E-state index contributed by atoms with van der Waals surface area (Å²) in [5, 5.41) is 3.83. The average Bonchev–Trinajstić information content (AvgIpc) is 2.94. The number of nitrogens with one attached hydrogen (secondary N) is 1. The van der Waals surface area contributed by atoms with Gasteiger partial charge in [-0.25, -0.2) is 4.98 Å². The monoisotopic (exact) mass is 266 g/mol. The second-order valence-corrected chi connectivity index (χ2v) is 6.27. The van der Waals surface area contributed by atoms with Gasteiger partial charge in [-0.05, 0) is 19.3 Å². The largest absolute Gasteiger partial charge is 0.326 e. The highest BCUT2D eigenvalue weighted by Gasteiger charge is 2.45. The summed E-state index contributed by atoms with van der Waals surface area (Å²) in [5.74, 6) is -0.0631. The van der Waals surface area contributed by atoms with Gasteiger partial charge < -0.3 is 16.8 Å². The number of carbonyl (C=O) groups is 1. The van der Waals surface area contributed by atoms with Gasteiger partial charge in [-0.1, -0.05) is 0 Å². The van der Waals surface area contributed by atoms with Gasteiger partial charge in [0.1, 0.15) is 0 Å². The summed E-state index contributed by atoms with van der Waals surface area (Å²) in [7, 11) is 0. The van der Waals surface area contributed by atoms with Gasteiger partial charge in [0.15, 0.2) is 5.01 Å². The van der Waals surface area contributed by atoms with Gasteiger partial charge >= 0.3 is 0 Å². The van der Waals surface area contributed by atoms with Crippen LogP contribution in [0.5, 0.6) is 0 Å². The molecule has 2 heterocycles. The van der Waals surface area contributed by atoms with Gasteiger partial charge in [-0.15, -0.1) is 11.3 Å². The Bertz CT molecular complexity index is 463. The Morgan fingerprint density at radius 2 is 2.39 bits per heavy atom. The molecule has 5 N–H and O–H groups in total. The number of carbonyl (C=O) groups excluding carboxylic acids is 1. The number of fused-ring (bicyclic) bond motifs is 1. The van der Waals surface area contributed by atoms with Gasteiger partial charge in [0, 0.05) is 30.4 Å². The molecule has 3 rings (SSSR count). The minimum Gasteiger partial charge on any atom is -0.326 e. The molecule has 0 bridgehead atoms. The molecular formula is C12H18N4OS. The molecule has 0 spiro atoms. The van der Waals surface area contributed by atoms with E-state index in [1.807, 2.05) is 0 Å². The molecule has 0 amide bonds. The predicted molar refractivity (Wildman–Crippen MR) is 70.6 cm³/mol. The van der Waals surface area contributed by atoms with Crippen molar-refractivity contribution in [2.24, 2.45) is 11.5 Å². The fourth-order valence-electron chi connectivity index (χ4n) is 2.76. The van der Waals surface area contributed by atoms with Crippen molar-refractivity contribution < 1.29 is 4.79 Å². The molecule has 2 aliphatic rings. The molecule has 2 atom stereocenters. The quantitative estimate of drug-likeness (QED) is 0.664. The fourth-order valence-corrected chi connectivity index (χ4v) is 3.87. The normalized spacial score (nSPS) is 31.3. The fraction of sp³-hybridized carbons (Fsp3) is 0.667. The Morgan fingerprint density at radius 1 is 1.56 bits per heavy atom. The third-order valence-electron chi connectivity index (χ3n) is 3.99. The van der Waals surface area contributed by atoms with Crippen molar-refractivity contribution in [2.75, 3.05) is 6.54 Å². The Balaban J connectivity index is 1.90. The summed E-state index contributed by atoms with van der Waals surface area (Å²) in [6.45, 7) is 1.74. The molecule has 1 saturated carbocycles. The first-order valence-electron chi connectivity index (χ1n) is 6.40. The van der Waals surface area contributed by atoms with Crippen LogP contribution in [0.4, 0.5) is 0 Å². The van der Waals surface area contributed by atoms with Gasteiger partial charge in [0.2, 0.25) is 5.78 Å². The SMILES string of the molecule is NC1CCCC1(N)C(=O)c1nc2c(s1)CNCC2. The maximum Gasteiger partial charge on any atom is 0.212 e. The lowest BCUT2D eigenvalue weighted by Crippen LogP contribution is -2.57. The maximum atomic E-state index is 12.5. The van der Waals surface area contributed by atoms with Crippen molar-refractivity contribution in [1.29, 1.82) is 0 Å². The highest BCUT2D eigenvalue weighted by molar-refractivity contribution is 7.13. The molecule has 1 aliphatic heterocycles. The highest BCUT2D eigenvalue weighted by atomic mass is 32.1. The highest BCUT2D eigenvalue weighted by Crippen LogP contribution is 2.32. The van der Waals surface area contributed by atoms with Crippen molar-refractivity contribution in [2.45, 2.75) is 43.8 Å². The number of hydrogen-bond donors (Lipinski definition) is 3. The maximum absolute atomic E-state index is 12.5. The molecule has 2 unspecified atom stereocenters. The molecule has 1 aromatic heterocycles. The molecule has 1 fully saturated rings. The summed E-state index contributed by atoms with van der Waals surface area (Å²) >= 11 is 1.47.